The Bertz CT molecular complexity index is 590. The number of ketones is 1. The van der Waals surface area contributed by atoms with Crippen LogP contribution in [0, 0.1) is 18.7 Å². The second-order valence-electron chi connectivity index (χ2n) is 4.33. The minimum Gasteiger partial charge on any atom is -0.334 e. The standard InChI is InChI=1S/C13H13FN2O2/c1-7(2)12(17)11-9(5-4-6-10(11)14)13-15-8(3)16-18-13/h4-7H,1-3H3. The monoisotopic (exact) mass is 248 g/mol. The van der Waals surface area contributed by atoms with Crippen LogP contribution in [0.5, 0.6) is 0 Å². The number of nitrogens with zero attached hydrogens (tertiary/aromatic N) is 2. The highest BCUT2D eigenvalue weighted by molar-refractivity contribution is 6.02. The molecule has 0 aliphatic heterocycles. The lowest BCUT2D eigenvalue weighted by Crippen LogP contribution is -2.11. The van der Waals surface area contributed by atoms with Crippen molar-refractivity contribution in [2.45, 2.75) is 20.8 Å². The molecule has 0 aliphatic rings. The van der Waals surface area contributed by atoms with Gasteiger partial charge in [0.15, 0.2) is 11.6 Å². The number of rotatable bonds is 3. The molecule has 5 heteroatoms. The van der Waals surface area contributed by atoms with E-state index in [0.29, 0.717) is 11.4 Å². The van der Waals surface area contributed by atoms with Crippen molar-refractivity contribution in [2.24, 2.45) is 5.92 Å². The Morgan fingerprint density at radius 2 is 2.11 bits per heavy atom. The normalized spacial score (nSPS) is 10.9. The van der Waals surface area contributed by atoms with Crippen molar-refractivity contribution in [2.75, 3.05) is 0 Å². The van der Waals surface area contributed by atoms with E-state index < -0.39 is 5.82 Å². The maximum absolute atomic E-state index is 13.8. The number of benzene rings is 1. The van der Waals surface area contributed by atoms with Crippen LogP contribution in [0.2, 0.25) is 0 Å². The number of halogens is 1. The number of hydrogen-bond donors (Lipinski definition) is 0. The molecule has 1 heterocycles. The number of carbonyl (C=O) groups excluding carboxylic acids is 1. The van der Waals surface area contributed by atoms with E-state index in [1.54, 1.807) is 26.8 Å². The van der Waals surface area contributed by atoms with Crippen LogP contribution in [-0.4, -0.2) is 15.9 Å². The van der Waals surface area contributed by atoms with E-state index in [-0.39, 0.29) is 23.2 Å². The Morgan fingerprint density at radius 1 is 1.39 bits per heavy atom. The van der Waals surface area contributed by atoms with E-state index in [1.165, 1.54) is 12.1 Å². The number of carbonyl (C=O) groups is 1. The molecule has 94 valence electrons. The first kappa shape index (κ1) is 12.4. The Labute approximate surface area is 104 Å². The summed E-state index contributed by atoms with van der Waals surface area (Å²) in [6.07, 6.45) is 0. The third-order valence-corrected chi connectivity index (χ3v) is 2.54. The number of Topliss-reactive ketones (excluding diaryl/α,β-unsaturated/α-hetero) is 1. The van der Waals surface area contributed by atoms with Crippen molar-refractivity contribution < 1.29 is 13.7 Å². The van der Waals surface area contributed by atoms with Crippen molar-refractivity contribution in [3.8, 4) is 11.5 Å². The fourth-order valence-corrected chi connectivity index (χ4v) is 1.65. The van der Waals surface area contributed by atoms with Crippen LogP contribution in [0.15, 0.2) is 22.7 Å². The smallest absolute Gasteiger partial charge is 0.258 e. The summed E-state index contributed by atoms with van der Waals surface area (Å²) in [4.78, 5) is 16.1. The third-order valence-electron chi connectivity index (χ3n) is 2.54. The maximum Gasteiger partial charge on any atom is 0.258 e. The summed E-state index contributed by atoms with van der Waals surface area (Å²) >= 11 is 0. The summed E-state index contributed by atoms with van der Waals surface area (Å²) in [6, 6.07) is 4.37. The summed E-state index contributed by atoms with van der Waals surface area (Å²) in [5.41, 5.74) is 0.352. The molecule has 0 unspecified atom stereocenters. The van der Waals surface area contributed by atoms with E-state index in [2.05, 4.69) is 10.1 Å². The van der Waals surface area contributed by atoms with Crippen LogP contribution < -0.4 is 0 Å². The molecule has 2 aromatic rings. The molecule has 1 aromatic heterocycles. The van der Waals surface area contributed by atoms with Crippen LogP contribution in [0.1, 0.15) is 30.0 Å². The quantitative estimate of drug-likeness (QED) is 0.783. The van der Waals surface area contributed by atoms with Crippen LogP contribution in [0.25, 0.3) is 11.5 Å². The highest BCUT2D eigenvalue weighted by Crippen LogP contribution is 2.26. The van der Waals surface area contributed by atoms with Gasteiger partial charge >= 0.3 is 0 Å². The van der Waals surface area contributed by atoms with Gasteiger partial charge in [0.2, 0.25) is 0 Å². The van der Waals surface area contributed by atoms with E-state index >= 15 is 0 Å². The van der Waals surface area contributed by atoms with Gasteiger partial charge in [0.05, 0.1) is 11.1 Å². The lowest BCUT2D eigenvalue weighted by Gasteiger charge is -2.08. The van der Waals surface area contributed by atoms with Crippen LogP contribution in [0.4, 0.5) is 4.39 Å². The van der Waals surface area contributed by atoms with Crippen molar-refractivity contribution in [1.29, 1.82) is 0 Å². The zero-order valence-corrected chi connectivity index (χ0v) is 10.4. The highest BCUT2D eigenvalue weighted by atomic mass is 19.1. The lowest BCUT2D eigenvalue weighted by molar-refractivity contribution is 0.0935. The zero-order valence-electron chi connectivity index (χ0n) is 10.4. The molecule has 0 radical (unpaired) electrons. The second-order valence-corrected chi connectivity index (χ2v) is 4.33. The number of hydrogen-bond acceptors (Lipinski definition) is 4. The number of aryl methyl sites for hydroxylation is 1. The zero-order chi connectivity index (χ0) is 13.3. The Morgan fingerprint density at radius 3 is 2.67 bits per heavy atom. The van der Waals surface area contributed by atoms with Gasteiger partial charge in [0.25, 0.3) is 5.89 Å². The van der Waals surface area contributed by atoms with Crippen LogP contribution >= 0.6 is 0 Å². The molecule has 4 nitrogen and oxygen atoms in total. The highest BCUT2D eigenvalue weighted by Gasteiger charge is 2.22. The molecule has 18 heavy (non-hydrogen) atoms. The van der Waals surface area contributed by atoms with E-state index in [9.17, 15) is 9.18 Å². The van der Waals surface area contributed by atoms with Crippen LogP contribution in [-0.2, 0) is 0 Å². The summed E-state index contributed by atoms with van der Waals surface area (Å²) in [6.45, 7) is 5.10. The average Bonchev–Trinajstić information content (AvgIpc) is 2.74. The minimum absolute atomic E-state index is 0.0103. The fourth-order valence-electron chi connectivity index (χ4n) is 1.65. The Kier molecular flexibility index (Phi) is 3.23. The molecule has 0 fully saturated rings. The van der Waals surface area contributed by atoms with Crippen molar-refractivity contribution in [3.05, 3.63) is 35.4 Å². The van der Waals surface area contributed by atoms with Gasteiger partial charge in [-0.2, -0.15) is 4.98 Å². The molecule has 0 atom stereocenters. The maximum atomic E-state index is 13.8. The molecular weight excluding hydrogens is 235 g/mol. The summed E-state index contributed by atoms with van der Waals surface area (Å²) in [5, 5.41) is 3.65. The van der Waals surface area contributed by atoms with E-state index in [1.807, 2.05) is 0 Å². The molecule has 1 aromatic carbocycles. The molecule has 0 saturated heterocycles. The first-order valence-electron chi connectivity index (χ1n) is 5.64. The van der Waals surface area contributed by atoms with E-state index in [4.69, 9.17) is 4.52 Å². The first-order valence-corrected chi connectivity index (χ1v) is 5.64. The SMILES string of the molecule is Cc1noc(-c2cccc(F)c2C(=O)C(C)C)n1. The van der Waals surface area contributed by atoms with Crippen LogP contribution in [0.3, 0.4) is 0 Å². The second kappa shape index (κ2) is 4.68. The summed E-state index contributed by atoms with van der Waals surface area (Å²) in [7, 11) is 0. The Balaban J connectivity index is 2.61. The first-order chi connectivity index (χ1) is 8.50. The topological polar surface area (TPSA) is 56.0 Å². The van der Waals surface area contributed by atoms with Gasteiger partial charge in [-0.05, 0) is 19.1 Å². The van der Waals surface area contributed by atoms with Gasteiger partial charge in [-0.25, -0.2) is 4.39 Å². The molecule has 0 saturated carbocycles. The van der Waals surface area contributed by atoms with Gasteiger partial charge in [-0.3, -0.25) is 4.79 Å². The third kappa shape index (κ3) is 2.16. The van der Waals surface area contributed by atoms with Gasteiger partial charge in [0.1, 0.15) is 5.82 Å². The van der Waals surface area contributed by atoms with Crippen molar-refractivity contribution in [3.63, 3.8) is 0 Å². The number of aromatic nitrogens is 2. The van der Waals surface area contributed by atoms with Gasteiger partial charge in [0, 0.05) is 5.92 Å². The molecule has 0 N–H and O–H groups in total. The molecule has 0 bridgehead atoms. The molecule has 2 rings (SSSR count). The molecule has 0 amide bonds. The molecule has 0 spiro atoms. The predicted molar refractivity (Wildman–Crippen MR) is 63.6 cm³/mol. The van der Waals surface area contributed by atoms with Gasteiger partial charge < -0.3 is 4.52 Å². The molecular formula is C13H13FN2O2. The largest absolute Gasteiger partial charge is 0.334 e. The van der Waals surface area contributed by atoms with E-state index in [0.717, 1.165) is 0 Å². The fraction of sp³-hybridized carbons (Fsp3) is 0.308. The minimum atomic E-state index is -0.568. The summed E-state index contributed by atoms with van der Waals surface area (Å²) < 4.78 is 18.8. The van der Waals surface area contributed by atoms with Gasteiger partial charge in [-0.1, -0.05) is 25.1 Å². The average molecular weight is 248 g/mol. The molecule has 0 aliphatic carbocycles. The van der Waals surface area contributed by atoms with Crippen molar-refractivity contribution >= 4 is 5.78 Å². The van der Waals surface area contributed by atoms with Gasteiger partial charge in [-0.15, -0.1) is 0 Å². The Hall–Kier alpha value is -2.04. The predicted octanol–water partition coefficient (Wildman–Crippen LogP) is 3.02. The summed E-state index contributed by atoms with van der Waals surface area (Å²) in [5.74, 6) is -0.543. The van der Waals surface area contributed by atoms with Crippen molar-refractivity contribution in [1.82, 2.24) is 10.1 Å². The lowest BCUT2D eigenvalue weighted by atomic mass is 9.96.